The molecule has 3 heterocycles. The van der Waals surface area contributed by atoms with Crippen molar-refractivity contribution < 1.29 is 0 Å². The fraction of sp³-hybridized carbons (Fsp3) is 0.0909. The molecule has 0 saturated carbocycles. The average Bonchev–Trinajstić information content (AvgIpc) is 3.19. The second-order valence-corrected chi connectivity index (χ2v) is 8.48. The van der Waals surface area contributed by atoms with Crippen molar-refractivity contribution in [2.24, 2.45) is 5.84 Å². The highest BCUT2D eigenvalue weighted by Crippen LogP contribution is 2.19. The van der Waals surface area contributed by atoms with Crippen LogP contribution < -0.4 is 16.8 Å². The summed E-state index contributed by atoms with van der Waals surface area (Å²) in [5, 5.41) is 11.7. The molecule has 0 atom stereocenters. The monoisotopic (exact) mass is 555 g/mol. The number of aryl methyl sites for hydroxylation is 2. The number of nitriles is 1. The quantitative estimate of drug-likeness (QED) is 0.250. The molecule has 0 aliphatic rings. The molecule has 0 spiro atoms. The minimum absolute atomic E-state index is 0.182. The molecule has 0 fully saturated rings. The third kappa shape index (κ3) is 5.31. The van der Waals surface area contributed by atoms with E-state index >= 15 is 0 Å². The predicted molar refractivity (Wildman–Crippen MR) is 131 cm³/mol. The number of halogens is 2. The van der Waals surface area contributed by atoms with Crippen molar-refractivity contribution in [1.29, 1.82) is 5.26 Å². The summed E-state index contributed by atoms with van der Waals surface area (Å²) < 4.78 is 3.28. The van der Waals surface area contributed by atoms with Crippen LogP contribution in [-0.4, -0.2) is 19.7 Å². The first-order chi connectivity index (χ1) is 15.3. The standard InChI is InChI=1S/C16H11BrN4O.C6H8BrN3/c1-10-6-15(19-9-14(10)17)21-16(22)13(8-20-21)12-4-2-11(7-18)3-5-12;1-4-2-6(10-8)9-3-5(4)7/h2-6,8-9,20H,1H3;2-3H,8H2,1H3,(H,9,10). The summed E-state index contributed by atoms with van der Waals surface area (Å²) in [5.74, 6) is 6.36. The highest BCUT2D eigenvalue weighted by molar-refractivity contribution is 9.10. The number of hydrogen-bond donors (Lipinski definition) is 3. The Morgan fingerprint density at radius 2 is 1.69 bits per heavy atom. The number of rotatable bonds is 3. The molecule has 1 aromatic carbocycles. The van der Waals surface area contributed by atoms with Crippen LogP contribution >= 0.6 is 31.9 Å². The van der Waals surface area contributed by atoms with Crippen molar-refractivity contribution in [2.45, 2.75) is 13.8 Å². The van der Waals surface area contributed by atoms with E-state index in [9.17, 15) is 4.79 Å². The van der Waals surface area contributed by atoms with Crippen LogP contribution in [0.25, 0.3) is 16.9 Å². The Morgan fingerprint density at radius 1 is 1.06 bits per heavy atom. The first-order valence-corrected chi connectivity index (χ1v) is 10.9. The Kier molecular flexibility index (Phi) is 7.58. The van der Waals surface area contributed by atoms with Crippen LogP contribution in [0.4, 0.5) is 5.82 Å². The second kappa shape index (κ2) is 10.4. The van der Waals surface area contributed by atoms with Crippen molar-refractivity contribution in [3.63, 3.8) is 0 Å². The fourth-order valence-corrected chi connectivity index (χ4v) is 3.17. The highest BCUT2D eigenvalue weighted by atomic mass is 79.9. The Hall–Kier alpha value is -3.26. The topological polar surface area (TPSA) is 125 Å². The van der Waals surface area contributed by atoms with E-state index in [0.29, 0.717) is 22.8 Å². The predicted octanol–water partition coefficient (Wildman–Crippen LogP) is 4.61. The maximum atomic E-state index is 12.5. The number of H-pyrrole nitrogens is 1. The fourth-order valence-electron chi connectivity index (χ4n) is 2.74. The molecule has 0 aliphatic heterocycles. The lowest BCUT2D eigenvalue weighted by Gasteiger charge is -2.03. The summed E-state index contributed by atoms with van der Waals surface area (Å²) in [6.07, 6.45) is 5.02. The molecule has 0 aliphatic carbocycles. The smallest absolute Gasteiger partial charge is 0.280 e. The van der Waals surface area contributed by atoms with Gasteiger partial charge in [0.15, 0.2) is 5.82 Å². The minimum atomic E-state index is -0.182. The van der Waals surface area contributed by atoms with Crippen molar-refractivity contribution in [3.05, 3.63) is 91.0 Å². The SMILES string of the molecule is Cc1cc(-n2[nH]cc(-c3ccc(C#N)cc3)c2=O)ncc1Br.Cc1cc(NN)ncc1Br. The number of nitrogens with zero attached hydrogens (tertiary/aromatic N) is 4. The second-order valence-electron chi connectivity index (χ2n) is 6.77. The van der Waals surface area contributed by atoms with Gasteiger partial charge in [-0.2, -0.15) is 5.26 Å². The van der Waals surface area contributed by atoms with E-state index in [-0.39, 0.29) is 5.56 Å². The van der Waals surface area contributed by atoms with E-state index in [1.165, 1.54) is 4.68 Å². The molecular weight excluding hydrogens is 538 g/mol. The van der Waals surface area contributed by atoms with Crippen molar-refractivity contribution in [3.8, 4) is 23.0 Å². The third-order valence-corrected chi connectivity index (χ3v) is 6.21. The molecule has 4 aromatic rings. The number of aromatic nitrogens is 4. The molecular formula is C22H19Br2N7O. The molecule has 0 saturated heterocycles. The van der Waals surface area contributed by atoms with Gasteiger partial charge in [-0.25, -0.2) is 20.5 Å². The number of benzene rings is 1. The van der Waals surface area contributed by atoms with Crippen LogP contribution in [0.5, 0.6) is 0 Å². The molecule has 3 aromatic heterocycles. The highest BCUT2D eigenvalue weighted by Gasteiger charge is 2.11. The molecule has 162 valence electrons. The van der Waals surface area contributed by atoms with Gasteiger partial charge in [-0.1, -0.05) is 12.1 Å². The third-order valence-electron chi connectivity index (χ3n) is 4.55. The molecule has 0 unspecified atom stereocenters. The maximum absolute atomic E-state index is 12.5. The summed E-state index contributed by atoms with van der Waals surface area (Å²) in [6, 6.07) is 12.6. The molecule has 0 amide bonds. The zero-order valence-corrected chi connectivity index (χ0v) is 20.4. The van der Waals surface area contributed by atoms with Gasteiger partial charge in [0, 0.05) is 27.5 Å². The van der Waals surface area contributed by atoms with E-state index < -0.39 is 0 Å². The van der Waals surface area contributed by atoms with E-state index in [2.05, 4.69) is 58.4 Å². The van der Waals surface area contributed by atoms with Crippen molar-refractivity contribution in [1.82, 2.24) is 19.7 Å². The summed E-state index contributed by atoms with van der Waals surface area (Å²) in [5.41, 5.74) is 6.24. The van der Waals surface area contributed by atoms with Gasteiger partial charge in [0.25, 0.3) is 5.56 Å². The Labute approximate surface area is 201 Å². The van der Waals surface area contributed by atoms with Gasteiger partial charge in [0.1, 0.15) is 5.82 Å². The first-order valence-electron chi connectivity index (χ1n) is 9.36. The number of nitrogens with two attached hydrogens (primary N) is 1. The van der Waals surface area contributed by atoms with E-state index in [4.69, 9.17) is 11.1 Å². The number of hydrogen-bond acceptors (Lipinski definition) is 6. The van der Waals surface area contributed by atoms with Gasteiger partial charge in [-0.15, -0.1) is 0 Å². The van der Waals surface area contributed by atoms with Crippen LogP contribution in [0, 0.1) is 25.2 Å². The number of hydrazine groups is 1. The van der Waals surface area contributed by atoms with Gasteiger partial charge in [-0.3, -0.25) is 9.89 Å². The molecule has 32 heavy (non-hydrogen) atoms. The Bertz CT molecular complexity index is 1340. The lowest BCUT2D eigenvalue weighted by molar-refractivity contribution is 0.816. The first kappa shape index (κ1) is 23.4. The van der Waals surface area contributed by atoms with Gasteiger partial charge in [-0.05, 0) is 86.7 Å². The van der Waals surface area contributed by atoms with Gasteiger partial charge < -0.3 is 5.43 Å². The average molecular weight is 557 g/mol. The van der Waals surface area contributed by atoms with E-state index in [0.717, 1.165) is 25.6 Å². The Morgan fingerprint density at radius 3 is 2.25 bits per heavy atom. The maximum Gasteiger partial charge on any atom is 0.280 e. The van der Waals surface area contributed by atoms with Crippen LogP contribution in [0.2, 0.25) is 0 Å². The van der Waals surface area contributed by atoms with Crippen molar-refractivity contribution >= 4 is 37.7 Å². The minimum Gasteiger partial charge on any atom is -0.308 e. The molecule has 4 N–H and O–H groups in total. The van der Waals surface area contributed by atoms with Crippen LogP contribution in [-0.2, 0) is 0 Å². The van der Waals surface area contributed by atoms with Gasteiger partial charge >= 0.3 is 0 Å². The van der Waals surface area contributed by atoms with Crippen molar-refractivity contribution in [2.75, 3.05) is 5.43 Å². The van der Waals surface area contributed by atoms with Crippen LogP contribution in [0.3, 0.4) is 0 Å². The van der Waals surface area contributed by atoms with Gasteiger partial charge in [0.2, 0.25) is 0 Å². The Balaban J connectivity index is 0.000000243. The van der Waals surface area contributed by atoms with E-state index in [1.54, 1.807) is 42.9 Å². The van der Waals surface area contributed by atoms with Gasteiger partial charge in [0.05, 0.1) is 17.2 Å². The molecule has 0 bridgehead atoms. The van der Waals surface area contributed by atoms with Crippen LogP contribution in [0.15, 0.2) is 68.7 Å². The summed E-state index contributed by atoms with van der Waals surface area (Å²) in [6.45, 7) is 3.91. The zero-order valence-electron chi connectivity index (χ0n) is 17.2. The molecule has 10 heteroatoms. The number of nitrogens with one attached hydrogen (secondary N) is 2. The molecule has 8 nitrogen and oxygen atoms in total. The summed E-state index contributed by atoms with van der Waals surface area (Å²) in [4.78, 5) is 20.8. The lowest BCUT2D eigenvalue weighted by Crippen LogP contribution is -2.17. The lowest BCUT2D eigenvalue weighted by atomic mass is 10.1. The van der Waals surface area contributed by atoms with Crippen LogP contribution in [0.1, 0.15) is 16.7 Å². The molecule has 4 rings (SSSR count). The normalized spacial score (nSPS) is 10.1. The molecule has 0 radical (unpaired) electrons. The zero-order chi connectivity index (χ0) is 23.3. The number of pyridine rings is 2. The number of anilines is 1. The summed E-state index contributed by atoms with van der Waals surface area (Å²) in [7, 11) is 0. The summed E-state index contributed by atoms with van der Waals surface area (Å²) >= 11 is 6.72. The number of aromatic amines is 1. The van der Waals surface area contributed by atoms with E-state index in [1.807, 2.05) is 26.0 Å². The number of nitrogen functional groups attached to an aromatic ring is 1. The largest absolute Gasteiger partial charge is 0.308 e.